The Morgan fingerprint density at radius 3 is 2.72 bits per heavy atom. The van der Waals surface area contributed by atoms with Crippen LogP contribution in [-0.4, -0.2) is 49.2 Å². The molecule has 1 saturated heterocycles. The van der Waals surface area contributed by atoms with Crippen molar-refractivity contribution < 1.29 is 9.53 Å². The molecular weight excluding hydrogens is 228 g/mol. The quantitative estimate of drug-likeness (QED) is 0.779. The Balaban J connectivity index is 1.81. The summed E-state index contributed by atoms with van der Waals surface area (Å²) in [4.78, 5) is 14.3. The molecule has 0 bridgehead atoms. The Bertz CT molecular complexity index is 271. The molecule has 0 radical (unpaired) electrons. The molecule has 1 amide bonds. The van der Waals surface area contributed by atoms with Gasteiger partial charge in [0.2, 0.25) is 5.91 Å². The Morgan fingerprint density at radius 2 is 2.17 bits per heavy atom. The first-order valence-corrected chi connectivity index (χ1v) is 7.28. The highest BCUT2D eigenvalue weighted by molar-refractivity contribution is 5.78. The predicted molar refractivity (Wildman–Crippen MR) is 71.4 cm³/mol. The van der Waals surface area contributed by atoms with Gasteiger partial charge in [-0.3, -0.25) is 4.79 Å². The molecule has 1 unspecified atom stereocenters. The summed E-state index contributed by atoms with van der Waals surface area (Å²) in [5.74, 6) is 0.805. The Kier molecular flexibility index (Phi) is 5.01. The van der Waals surface area contributed by atoms with Crippen molar-refractivity contribution >= 4 is 5.91 Å². The minimum Gasteiger partial charge on any atom is -0.369 e. The molecule has 4 nitrogen and oxygen atoms in total. The number of ether oxygens (including phenoxy) is 1. The number of piperidine rings is 1. The second-order valence-corrected chi connectivity index (χ2v) is 5.85. The Labute approximate surface area is 110 Å². The summed E-state index contributed by atoms with van der Waals surface area (Å²) < 4.78 is 5.44. The molecule has 1 heterocycles. The van der Waals surface area contributed by atoms with Crippen molar-refractivity contribution in [1.82, 2.24) is 10.2 Å². The molecular formula is C14H26N2O2. The third-order valence-electron chi connectivity index (χ3n) is 3.70. The topological polar surface area (TPSA) is 41.6 Å². The van der Waals surface area contributed by atoms with Crippen LogP contribution >= 0.6 is 0 Å². The van der Waals surface area contributed by atoms with Gasteiger partial charge in [-0.2, -0.15) is 0 Å². The number of amides is 1. The predicted octanol–water partition coefficient (Wildman–Crippen LogP) is 1.40. The highest BCUT2D eigenvalue weighted by Gasteiger charge is 2.34. The number of rotatable bonds is 6. The van der Waals surface area contributed by atoms with Gasteiger partial charge in [0.05, 0.1) is 6.10 Å². The van der Waals surface area contributed by atoms with Crippen molar-refractivity contribution in [3.63, 3.8) is 0 Å². The van der Waals surface area contributed by atoms with Crippen LogP contribution in [0.15, 0.2) is 0 Å². The van der Waals surface area contributed by atoms with E-state index in [4.69, 9.17) is 4.74 Å². The van der Waals surface area contributed by atoms with E-state index >= 15 is 0 Å². The van der Waals surface area contributed by atoms with Gasteiger partial charge in [0.1, 0.15) is 6.61 Å². The van der Waals surface area contributed by atoms with Gasteiger partial charge >= 0.3 is 0 Å². The number of hydrogen-bond donors (Lipinski definition) is 1. The summed E-state index contributed by atoms with van der Waals surface area (Å²) >= 11 is 0. The summed E-state index contributed by atoms with van der Waals surface area (Å²) in [5, 5.41) is 3.42. The zero-order chi connectivity index (χ0) is 13.0. The van der Waals surface area contributed by atoms with E-state index < -0.39 is 0 Å². The molecule has 0 aromatic rings. The van der Waals surface area contributed by atoms with Gasteiger partial charge in [-0.15, -0.1) is 0 Å². The largest absolute Gasteiger partial charge is 0.369 e. The number of nitrogens with zero attached hydrogens (tertiary/aromatic N) is 1. The lowest BCUT2D eigenvalue weighted by atomic mass is 9.99. The summed E-state index contributed by atoms with van der Waals surface area (Å²) in [7, 11) is 0. The molecule has 1 aliphatic carbocycles. The second kappa shape index (κ2) is 6.53. The van der Waals surface area contributed by atoms with E-state index in [0.717, 1.165) is 19.6 Å². The molecule has 18 heavy (non-hydrogen) atoms. The summed E-state index contributed by atoms with van der Waals surface area (Å²) in [6, 6.07) is 0.496. The maximum atomic E-state index is 12.2. The van der Waals surface area contributed by atoms with Crippen molar-refractivity contribution in [2.45, 2.75) is 51.7 Å². The monoisotopic (exact) mass is 254 g/mol. The number of nitrogens with one attached hydrogen (secondary N) is 1. The Hall–Kier alpha value is -0.610. The summed E-state index contributed by atoms with van der Waals surface area (Å²) in [6.07, 6.45) is 4.96. The zero-order valence-corrected chi connectivity index (χ0v) is 11.7. The molecule has 1 saturated carbocycles. The minimum absolute atomic E-state index is 0.131. The lowest BCUT2D eigenvalue weighted by molar-refractivity contribution is -0.139. The molecule has 1 N–H and O–H groups in total. The lowest BCUT2D eigenvalue weighted by Crippen LogP contribution is -2.43. The van der Waals surface area contributed by atoms with Crippen molar-refractivity contribution in [2.24, 2.45) is 5.92 Å². The van der Waals surface area contributed by atoms with E-state index in [1.807, 2.05) is 13.8 Å². The fraction of sp³-hybridized carbons (Fsp3) is 0.929. The smallest absolute Gasteiger partial charge is 0.248 e. The first-order chi connectivity index (χ1) is 8.66. The molecule has 2 fully saturated rings. The molecule has 0 aromatic heterocycles. The van der Waals surface area contributed by atoms with Crippen LogP contribution in [0.3, 0.4) is 0 Å². The van der Waals surface area contributed by atoms with Crippen molar-refractivity contribution in [3.05, 3.63) is 0 Å². The average Bonchev–Trinajstić information content (AvgIpc) is 3.18. The van der Waals surface area contributed by atoms with Crippen LogP contribution in [0.25, 0.3) is 0 Å². The molecule has 0 aromatic carbocycles. The summed E-state index contributed by atoms with van der Waals surface area (Å²) in [5.41, 5.74) is 0. The van der Waals surface area contributed by atoms with Gasteiger partial charge in [0, 0.05) is 12.6 Å². The molecule has 2 aliphatic rings. The molecule has 1 atom stereocenters. The van der Waals surface area contributed by atoms with E-state index in [-0.39, 0.29) is 18.6 Å². The second-order valence-electron chi connectivity index (χ2n) is 5.85. The van der Waals surface area contributed by atoms with Crippen LogP contribution in [0.5, 0.6) is 0 Å². The number of carbonyl (C=O) groups excluding carboxylic acids is 1. The summed E-state index contributed by atoms with van der Waals surface area (Å²) in [6.45, 7) is 7.29. The first-order valence-electron chi connectivity index (χ1n) is 7.28. The fourth-order valence-electron chi connectivity index (χ4n) is 2.52. The van der Waals surface area contributed by atoms with E-state index in [1.165, 1.54) is 25.7 Å². The van der Waals surface area contributed by atoms with E-state index in [0.29, 0.717) is 12.0 Å². The number of carbonyl (C=O) groups is 1. The van der Waals surface area contributed by atoms with Gasteiger partial charge in [-0.1, -0.05) is 0 Å². The van der Waals surface area contributed by atoms with Gasteiger partial charge in [0.25, 0.3) is 0 Å². The molecule has 4 heteroatoms. The van der Waals surface area contributed by atoms with Crippen molar-refractivity contribution in [3.8, 4) is 0 Å². The van der Waals surface area contributed by atoms with E-state index in [2.05, 4.69) is 10.2 Å². The molecule has 104 valence electrons. The zero-order valence-electron chi connectivity index (χ0n) is 11.7. The van der Waals surface area contributed by atoms with Gasteiger partial charge in [-0.25, -0.2) is 0 Å². The van der Waals surface area contributed by atoms with Crippen LogP contribution in [0.2, 0.25) is 0 Å². The van der Waals surface area contributed by atoms with Gasteiger partial charge in [-0.05, 0) is 58.5 Å². The van der Waals surface area contributed by atoms with Crippen molar-refractivity contribution in [2.75, 3.05) is 26.2 Å². The number of hydrogen-bond acceptors (Lipinski definition) is 3. The normalized spacial score (nSPS) is 24.3. The van der Waals surface area contributed by atoms with Crippen LogP contribution in [0.1, 0.15) is 39.5 Å². The first kappa shape index (κ1) is 13.8. The maximum absolute atomic E-state index is 12.2. The highest BCUT2D eigenvalue weighted by Crippen LogP contribution is 2.28. The van der Waals surface area contributed by atoms with Crippen molar-refractivity contribution in [1.29, 1.82) is 0 Å². The SMILES string of the molecule is CC(C)OCC(=O)N(CC1CCCNC1)C1CC1. The third-order valence-corrected chi connectivity index (χ3v) is 3.70. The molecule has 2 rings (SSSR count). The fourth-order valence-corrected chi connectivity index (χ4v) is 2.52. The third kappa shape index (κ3) is 4.25. The van der Waals surface area contributed by atoms with Crippen LogP contribution in [0, 0.1) is 5.92 Å². The highest BCUT2D eigenvalue weighted by atomic mass is 16.5. The van der Waals surface area contributed by atoms with E-state index in [9.17, 15) is 4.79 Å². The van der Waals surface area contributed by atoms with E-state index in [1.54, 1.807) is 0 Å². The molecule has 0 spiro atoms. The lowest BCUT2D eigenvalue weighted by Gasteiger charge is -2.30. The maximum Gasteiger partial charge on any atom is 0.248 e. The van der Waals surface area contributed by atoms with Crippen LogP contribution in [-0.2, 0) is 9.53 Å². The van der Waals surface area contributed by atoms with Crippen LogP contribution < -0.4 is 5.32 Å². The van der Waals surface area contributed by atoms with Gasteiger partial charge in [0.15, 0.2) is 0 Å². The van der Waals surface area contributed by atoms with Gasteiger partial charge < -0.3 is 15.0 Å². The average molecular weight is 254 g/mol. The molecule has 1 aliphatic heterocycles. The van der Waals surface area contributed by atoms with Crippen LogP contribution in [0.4, 0.5) is 0 Å². The standard InChI is InChI=1S/C14H26N2O2/c1-11(2)18-10-14(17)16(13-5-6-13)9-12-4-3-7-15-8-12/h11-13,15H,3-10H2,1-2H3. The minimum atomic E-state index is 0.131. The Morgan fingerprint density at radius 1 is 1.39 bits per heavy atom.